The zero-order chi connectivity index (χ0) is 76.4. The van der Waals surface area contributed by atoms with E-state index in [9.17, 15) is 34.2 Å². The summed E-state index contributed by atoms with van der Waals surface area (Å²) in [6.07, 6.45) is 6.78. The minimum Gasteiger partial charge on any atom is -0.478 e. The maximum Gasteiger partial charge on any atom is 0.338 e. The predicted molar refractivity (Wildman–Crippen MR) is 408 cm³/mol. The number of aromatic nitrogens is 1. The van der Waals surface area contributed by atoms with E-state index in [1.165, 1.54) is 14.2 Å². The highest BCUT2D eigenvalue weighted by Gasteiger charge is 2.46. The molecule has 25 nitrogen and oxygen atoms in total. The fourth-order valence-corrected chi connectivity index (χ4v) is 16.2. The number of ether oxygens (including phenoxy) is 10. The van der Waals surface area contributed by atoms with Crippen molar-refractivity contribution in [1.82, 2.24) is 39.7 Å². The lowest BCUT2D eigenvalue weighted by Gasteiger charge is -2.38. The number of carbonyl (C=O) groups excluding carboxylic acids is 3. The second-order valence-electron chi connectivity index (χ2n) is 29.1. The first-order valence-corrected chi connectivity index (χ1v) is 38.0. The second-order valence-corrected chi connectivity index (χ2v) is 32.5. The van der Waals surface area contributed by atoms with E-state index < -0.39 is 35.1 Å². The van der Waals surface area contributed by atoms with Gasteiger partial charge in [-0.05, 0) is 261 Å². The van der Waals surface area contributed by atoms with Gasteiger partial charge >= 0.3 is 17.9 Å². The number of fused-ring (bicyclic) bond motifs is 4. The van der Waals surface area contributed by atoms with Gasteiger partial charge in [0, 0.05) is 91.4 Å². The molecule has 0 radical (unpaired) electrons. The van der Waals surface area contributed by atoms with Crippen molar-refractivity contribution in [2.75, 3.05) is 122 Å². The lowest BCUT2D eigenvalue weighted by atomic mass is 10.0. The Bertz CT molecular complexity index is 4100. The second kappa shape index (κ2) is 33.5. The van der Waals surface area contributed by atoms with Gasteiger partial charge in [0.25, 0.3) is 34.6 Å². The van der Waals surface area contributed by atoms with Crippen LogP contribution in [0.25, 0.3) is 0 Å². The number of piperidine rings is 3. The molecule has 29 heteroatoms. The van der Waals surface area contributed by atoms with E-state index in [0.29, 0.717) is 141 Å². The van der Waals surface area contributed by atoms with Gasteiger partial charge in [-0.15, -0.1) is 0 Å². The summed E-state index contributed by atoms with van der Waals surface area (Å²) in [6, 6.07) is 10.5. The lowest BCUT2D eigenvalue weighted by molar-refractivity contribution is -0.0991. The third-order valence-electron chi connectivity index (χ3n) is 20.2. The van der Waals surface area contributed by atoms with Crippen LogP contribution in [0.1, 0.15) is 147 Å². The van der Waals surface area contributed by atoms with Crippen LogP contribution >= 0.6 is 63.7 Å². The number of nitrogens with one attached hydrogen (secondary N) is 2. The summed E-state index contributed by atoms with van der Waals surface area (Å²) in [5.74, 6) is -1.08. The molecule has 12 rings (SSSR count). The molecule has 1 aromatic heterocycles. The Morgan fingerprint density at radius 1 is 0.490 bits per heavy atom. The molecule has 8 heterocycles. The van der Waals surface area contributed by atoms with Crippen molar-refractivity contribution in [3.63, 3.8) is 0 Å². The lowest BCUT2D eigenvalue weighted by Crippen LogP contribution is -2.51. The summed E-state index contributed by atoms with van der Waals surface area (Å²) in [6.45, 7) is 26.2. The van der Waals surface area contributed by atoms with Crippen LogP contribution in [-0.2, 0) is 16.0 Å². The number of nitrogens with zero attached hydrogens (tertiary/aromatic N) is 6. The van der Waals surface area contributed by atoms with Crippen LogP contribution in [0.15, 0.2) is 53.0 Å². The van der Waals surface area contributed by atoms with E-state index in [1.54, 1.807) is 45.0 Å². The maximum absolute atomic E-state index is 13.1. The summed E-state index contributed by atoms with van der Waals surface area (Å²) in [5, 5.41) is 21.5. The Balaban J connectivity index is 0.000000165. The first-order chi connectivity index (χ1) is 48.8. The van der Waals surface area contributed by atoms with Gasteiger partial charge in [0.1, 0.15) is 6.61 Å². The third kappa shape index (κ3) is 18.6. The van der Waals surface area contributed by atoms with E-state index >= 15 is 0 Å². The first kappa shape index (κ1) is 81.8. The molecule has 4 atom stereocenters. The van der Waals surface area contributed by atoms with E-state index in [4.69, 9.17) is 47.4 Å². The number of rotatable bonds is 16. The summed E-state index contributed by atoms with van der Waals surface area (Å²) >= 11 is 13.8. The Labute approximate surface area is 643 Å². The topological polar surface area (TPSA) is 265 Å². The normalized spacial score (nSPS) is 22.2. The molecule has 4 aromatic carbocycles. The molecule has 5 aromatic rings. The maximum atomic E-state index is 13.1. The number of hydrogen-bond acceptors (Lipinski definition) is 22. The largest absolute Gasteiger partial charge is 0.478 e. The summed E-state index contributed by atoms with van der Waals surface area (Å²) in [5.41, 5.74) is 6.27. The Kier molecular flexibility index (Phi) is 26.3. The zero-order valence-electron chi connectivity index (χ0n) is 62.9. The van der Waals surface area contributed by atoms with E-state index in [1.807, 2.05) is 54.5 Å². The Morgan fingerprint density at radius 3 is 1.09 bits per heavy atom. The number of amides is 1. The van der Waals surface area contributed by atoms with Crippen LogP contribution in [0.4, 0.5) is 0 Å². The predicted octanol–water partition coefficient (Wildman–Crippen LogP) is 11.6. The molecular weight excluding hydrogens is 1600 g/mol. The number of esters is 2. The van der Waals surface area contributed by atoms with Crippen molar-refractivity contribution in [2.45, 2.75) is 156 Å². The van der Waals surface area contributed by atoms with Gasteiger partial charge in [-0.1, -0.05) is 0 Å². The number of aryl methyl sites for hydroxylation is 2. The molecule has 0 aliphatic carbocycles. The molecule has 0 saturated carbocycles. The monoisotopic (exact) mass is 1700 g/mol. The first-order valence-electron chi connectivity index (χ1n) is 34.8. The molecule has 104 heavy (non-hydrogen) atoms. The third-order valence-corrected chi connectivity index (χ3v) is 22.5. The summed E-state index contributed by atoms with van der Waals surface area (Å²) in [7, 11) is 15.5. The number of aromatic amines is 1. The highest BCUT2D eigenvalue weighted by atomic mass is 79.9. The van der Waals surface area contributed by atoms with Crippen molar-refractivity contribution in [3.8, 4) is 46.0 Å². The van der Waals surface area contributed by atoms with Gasteiger partial charge in [-0.3, -0.25) is 24.3 Å². The standard InChI is InChI=1S/C26H35BrN4O4.C19H27BrN2O4.C18H25BrN2O4.C12H13BrO5/c1-15-11-16(2)29-25(33)20(15)13-28-24(32)19-12-21(27)23-22(17(19)3)34-26(4,35-23)14-31-9-7-18(8-10-31)30(5)6;1-12-14(18(23)24-5)10-15(20)17-16(12)25-19(2,26-17)11-22-8-6-13(7-9-22)21(3)4;1-11-13(17(22)23)9-14(19)16-15(11)24-18(2,25-16)10-21-7-5-12(6-8-21)20(3)4;1-6-7(11(15)16-3)4-8(13)10-9(6)17-12(2,5-14)18-10/h11-12,18H,7-10,13-14H2,1-6H3,(H,28,32)(H,29,33);10,13H,6-9,11H2,1-5H3;9,12H,5-8,10H2,1-4H3,(H,22,23);4,14H,5H2,1-3H3. The van der Waals surface area contributed by atoms with Crippen molar-refractivity contribution >= 4 is 87.5 Å². The minimum atomic E-state index is -1.12. The number of aliphatic hydroxyl groups excluding tert-OH is 1. The molecule has 4 unspecified atom stereocenters. The highest BCUT2D eigenvalue weighted by molar-refractivity contribution is 9.11. The molecule has 570 valence electrons. The molecule has 3 saturated heterocycles. The van der Waals surface area contributed by atoms with Gasteiger partial charge in [-0.2, -0.15) is 0 Å². The van der Waals surface area contributed by atoms with Crippen LogP contribution < -0.4 is 48.8 Å². The number of H-pyrrole nitrogens is 1. The minimum absolute atomic E-state index is 0.145. The quantitative estimate of drug-likeness (QED) is 0.0669. The number of carboxylic acids is 1. The van der Waals surface area contributed by atoms with Gasteiger partial charge in [0.15, 0.2) is 46.0 Å². The highest BCUT2D eigenvalue weighted by Crippen LogP contribution is 2.52. The molecule has 0 bridgehead atoms. The van der Waals surface area contributed by atoms with Gasteiger partial charge in [0.05, 0.1) is 68.4 Å². The van der Waals surface area contributed by atoms with Gasteiger partial charge in [0.2, 0.25) is 0 Å². The number of methoxy groups -OCH3 is 2. The number of pyridine rings is 1. The van der Waals surface area contributed by atoms with Crippen molar-refractivity contribution in [2.24, 2.45) is 0 Å². The Morgan fingerprint density at radius 2 is 0.779 bits per heavy atom. The molecule has 1 amide bonds. The number of hydrogen-bond donors (Lipinski definition) is 4. The molecule has 7 aliphatic heterocycles. The average molecular weight is 1710 g/mol. The molecule has 4 N–H and O–H groups in total. The molecule has 0 spiro atoms. The molecular formula is C75H100Br4N8O17. The summed E-state index contributed by atoms with van der Waals surface area (Å²) < 4.78 is 60.5. The number of benzene rings is 4. The number of halogens is 4. The molecule has 3 fully saturated rings. The van der Waals surface area contributed by atoms with E-state index in [0.717, 1.165) is 94.6 Å². The van der Waals surface area contributed by atoms with Crippen molar-refractivity contribution in [1.29, 1.82) is 0 Å². The van der Waals surface area contributed by atoms with Crippen molar-refractivity contribution < 1.29 is 76.8 Å². The van der Waals surface area contributed by atoms with Gasteiger partial charge in [-0.25, -0.2) is 14.4 Å². The number of carbonyl (C=O) groups is 4. The van der Waals surface area contributed by atoms with E-state index in [2.05, 4.69) is 146 Å². The number of aromatic carboxylic acids is 1. The fourth-order valence-electron chi connectivity index (χ4n) is 14.2. The van der Waals surface area contributed by atoms with Crippen LogP contribution in [0, 0.1) is 41.5 Å². The zero-order valence-corrected chi connectivity index (χ0v) is 69.2. The SMILES string of the molecule is COC(=O)c1cc(Br)c2c(c1C)OC(C)(CN1CCC(N(C)C)CC1)O2.COC(=O)c1cc(Br)c2c(c1C)OC(C)(CO)O2.Cc1c(C(=O)O)cc(Br)c2c1OC(C)(CN1CCC(N(C)C)CC1)O2.Cc1cc(C)c(CNC(=O)c2cc(Br)c3c(c2C)OC(C)(CN2CCC(N(C)C)CC2)O3)c(=O)[nH]1. The van der Waals surface area contributed by atoms with Crippen molar-refractivity contribution in [3.05, 3.63) is 120 Å². The summed E-state index contributed by atoms with van der Waals surface area (Å²) in [4.78, 5) is 77.2. The van der Waals surface area contributed by atoms with E-state index in [-0.39, 0.29) is 36.2 Å². The van der Waals surface area contributed by atoms with Crippen LogP contribution in [0.5, 0.6) is 46.0 Å². The van der Waals surface area contributed by atoms with Gasteiger partial charge < -0.3 is 82.6 Å². The number of aliphatic hydroxyl groups is 1. The van der Waals surface area contributed by atoms with Crippen LogP contribution in [0.2, 0.25) is 0 Å². The average Bonchev–Trinajstić information content (AvgIpc) is 1.62. The smallest absolute Gasteiger partial charge is 0.338 e. The number of carboxylic acid groups (broad SMARTS) is 1. The fraction of sp³-hybridized carbons (Fsp3) is 0.560. The number of likely N-dealkylation sites (tertiary alicyclic amines) is 3. The van der Waals surface area contributed by atoms with Crippen LogP contribution in [0.3, 0.4) is 0 Å². The van der Waals surface area contributed by atoms with Crippen LogP contribution in [-0.4, -0.2) is 232 Å². The molecule has 7 aliphatic rings. The Hall–Kier alpha value is -6.25.